The minimum absolute atomic E-state index is 0. The number of rotatable bonds is 11. The summed E-state index contributed by atoms with van der Waals surface area (Å²) in [6, 6.07) is 12.6. The van der Waals surface area contributed by atoms with Crippen LogP contribution in [0.5, 0.6) is 17.2 Å². The Hall–Kier alpha value is -2.93. The SMILES string of the molecule is COc1cc(C(=O)N2CCCCC2)ccc1OCCCCCOc1ccc(C(=N)N)cc1.Cl. The number of nitrogens with two attached hydrogens (primary N) is 1. The molecule has 33 heavy (non-hydrogen) atoms. The maximum atomic E-state index is 12.7. The van der Waals surface area contributed by atoms with Crippen LogP contribution in [0.25, 0.3) is 0 Å². The van der Waals surface area contributed by atoms with Gasteiger partial charge in [-0.25, -0.2) is 0 Å². The van der Waals surface area contributed by atoms with Crippen LogP contribution in [0, 0.1) is 5.41 Å². The number of unbranched alkanes of at least 4 members (excludes halogenated alkanes) is 2. The van der Waals surface area contributed by atoms with Gasteiger partial charge in [-0.15, -0.1) is 12.4 Å². The molecule has 3 N–H and O–H groups in total. The average molecular weight is 476 g/mol. The summed E-state index contributed by atoms with van der Waals surface area (Å²) in [5.41, 5.74) is 6.78. The number of benzene rings is 2. The molecule has 0 saturated carbocycles. The van der Waals surface area contributed by atoms with Crippen molar-refractivity contribution in [2.75, 3.05) is 33.4 Å². The van der Waals surface area contributed by atoms with Crippen LogP contribution in [0.3, 0.4) is 0 Å². The Balaban J connectivity index is 0.00000385. The van der Waals surface area contributed by atoms with Crippen molar-refractivity contribution in [3.05, 3.63) is 53.6 Å². The fourth-order valence-corrected chi connectivity index (χ4v) is 3.68. The number of piperidine rings is 1. The van der Waals surface area contributed by atoms with E-state index in [4.69, 9.17) is 25.4 Å². The summed E-state index contributed by atoms with van der Waals surface area (Å²) < 4.78 is 17.1. The van der Waals surface area contributed by atoms with Crippen molar-refractivity contribution in [1.82, 2.24) is 4.90 Å². The van der Waals surface area contributed by atoms with Gasteiger partial charge < -0.3 is 24.8 Å². The molecule has 1 aliphatic heterocycles. The molecule has 0 unspecified atom stereocenters. The number of likely N-dealkylation sites (tertiary alicyclic amines) is 1. The highest BCUT2D eigenvalue weighted by Gasteiger charge is 2.19. The molecule has 2 aromatic carbocycles. The lowest BCUT2D eigenvalue weighted by Gasteiger charge is -2.27. The molecule has 0 radical (unpaired) electrons. The number of nitrogen functional groups attached to an aromatic ring is 1. The smallest absolute Gasteiger partial charge is 0.253 e. The molecule has 180 valence electrons. The van der Waals surface area contributed by atoms with Crippen LogP contribution in [-0.4, -0.2) is 50.1 Å². The van der Waals surface area contributed by atoms with E-state index >= 15 is 0 Å². The Labute approximate surface area is 202 Å². The van der Waals surface area contributed by atoms with E-state index in [1.807, 2.05) is 29.2 Å². The Morgan fingerprint density at radius 2 is 1.55 bits per heavy atom. The summed E-state index contributed by atoms with van der Waals surface area (Å²) in [5.74, 6) is 2.13. The molecule has 0 aliphatic carbocycles. The van der Waals surface area contributed by atoms with Crippen LogP contribution in [0.15, 0.2) is 42.5 Å². The monoisotopic (exact) mass is 475 g/mol. The number of carbonyl (C=O) groups excluding carboxylic acids is 1. The first kappa shape index (κ1) is 26.3. The van der Waals surface area contributed by atoms with E-state index in [1.54, 1.807) is 25.3 Å². The third kappa shape index (κ3) is 7.86. The number of methoxy groups -OCH3 is 1. The van der Waals surface area contributed by atoms with Gasteiger partial charge in [0.05, 0.1) is 20.3 Å². The first-order chi connectivity index (χ1) is 15.6. The molecule has 7 nitrogen and oxygen atoms in total. The summed E-state index contributed by atoms with van der Waals surface area (Å²) in [5, 5.41) is 7.40. The van der Waals surface area contributed by atoms with Crippen molar-refractivity contribution >= 4 is 24.1 Å². The van der Waals surface area contributed by atoms with Crippen molar-refractivity contribution in [3.63, 3.8) is 0 Å². The third-order valence-electron chi connectivity index (χ3n) is 5.53. The number of ether oxygens (including phenoxy) is 3. The normalized spacial score (nSPS) is 13.1. The molecule has 2 aromatic rings. The molecular weight excluding hydrogens is 442 g/mol. The zero-order chi connectivity index (χ0) is 22.8. The maximum absolute atomic E-state index is 12.7. The Kier molecular flexibility index (Phi) is 10.8. The highest BCUT2D eigenvalue weighted by atomic mass is 35.5. The van der Waals surface area contributed by atoms with E-state index in [0.29, 0.717) is 35.8 Å². The molecule has 8 heteroatoms. The summed E-state index contributed by atoms with van der Waals surface area (Å²) in [7, 11) is 1.59. The molecule has 0 spiro atoms. The first-order valence-electron chi connectivity index (χ1n) is 11.3. The van der Waals surface area contributed by atoms with Crippen LogP contribution < -0.4 is 19.9 Å². The van der Waals surface area contributed by atoms with Crippen LogP contribution in [0.4, 0.5) is 0 Å². The molecule has 3 rings (SSSR count). The van der Waals surface area contributed by atoms with Crippen LogP contribution in [-0.2, 0) is 0 Å². The van der Waals surface area contributed by atoms with Crippen LogP contribution in [0.1, 0.15) is 54.4 Å². The maximum Gasteiger partial charge on any atom is 0.253 e. The molecule has 1 aliphatic rings. The average Bonchev–Trinajstić information content (AvgIpc) is 2.83. The van der Waals surface area contributed by atoms with E-state index in [0.717, 1.165) is 50.9 Å². The van der Waals surface area contributed by atoms with Crippen molar-refractivity contribution in [3.8, 4) is 17.2 Å². The van der Waals surface area contributed by atoms with Crippen molar-refractivity contribution in [2.24, 2.45) is 5.73 Å². The zero-order valence-corrected chi connectivity index (χ0v) is 20.0. The summed E-state index contributed by atoms with van der Waals surface area (Å²) in [6.07, 6.45) is 6.12. The first-order valence-corrected chi connectivity index (χ1v) is 11.3. The second kappa shape index (κ2) is 13.6. The van der Waals surface area contributed by atoms with Gasteiger partial charge in [0.15, 0.2) is 11.5 Å². The van der Waals surface area contributed by atoms with E-state index in [2.05, 4.69) is 0 Å². The largest absolute Gasteiger partial charge is 0.494 e. The van der Waals surface area contributed by atoms with E-state index in [1.165, 1.54) is 6.42 Å². The molecule has 1 saturated heterocycles. The van der Waals surface area contributed by atoms with Crippen molar-refractivity contribution in [1.29, 1.82) is 5.41 Å². The summed E-state index contributed by atoms with van der Waals surface area (Å²) in [4.78, 5) is 14.6. The van der Waals surface area contributed by atoms with Crippen molar-refractivity contribution in [2.45, 2.75) is 38.5 Å². The number of amidine groups is 1. The lowest BCUT2D eigenvalue weighted by Crippen LogP contribution is -2.35. The van der Waals surface area contributed by atoms with Gasteiger partial charge in [0.1, 0.15) is 11.6 Å². The second-order valence-electron chi connectivity index (χ2n) is 7.91. The molecule has 1 heterocycles. The van der Waals surface area contributed by atoms with Gasteiger partial charge in [0.2, 0.25) is 0 Å². The Bertz CT molecular complexity index is 899. The van der Waals surface area contributed by atoms with E-state index in [9.17, 15) is 4.79 Å². The summed E-state index contributed by atoms with van der Waals surface area (Å²) >= 11 is 0. The lowest BCUT2D eigenvalue weighted by molar-refractivity contribution is 0.0724. The zero-order valence-electron chi connectivity index (χ0n) is 19.2. The molecule has 0 aromatic heterocycles. The van der Waals surface area contributed by atoms with Gasteiger partial charge in [-0.1, -0.05) is 0 Å². The molecule has 0 atom stereocenters. The fraction of sp³-hybridized carbons (Fsp3) is 0.440. The standard InChI is InChI=1S/C25H33N3O4.ClH/c1-30-23-18-20(25(29)28-14-4-2-5-15-28)10-13-22(23)32-17-7-3-6-16-31-21-11-8-19(9-12-21)24(26)27;/h8-13,18H,2-7,14-17H2,1H3,(H3,26,27);1H. The predicted octanol–water partition coefficient (Wildman–Crippen LogP) is 4.66. The van der Waals surface area contributed by atoms with Gasteiger partial charge in [0.25, 0.3) is 5.91 Å². The topological polar surface area (TPSA) is 97.9 Å². The van der Waals surface area contributed by atoms with Crippen molar-refractivity contribution < 1.29 is 19.0 Å². The Morgan fingerprint density at radius 3 is 2.18 bits per heavy atom. The van der Waals surface area contributed by atoms with Gasteiger partial charge >= 0.3 is 0 Å². The highest BCUT2D eigenvalue weighted by Crippen LogP contribution is 2.29. The predicted molar refractivity (Wildman–Crippen MR) is 132 cm³/mol. The minimum Gasteiger partial charge on any atom is -0.494 e. The lowest BCUT2D eigenvalue weighted by atomic mass is 10.1. The number of nitrogens with zero attached hydrogens (tertiary/aromatic N) is 1. The minimum atomic E-state index is 0. The van der Waals surface area contributed by atoms with Crippen LogP contribution in [0.2, 0.25) is 0 Å². The van der Waals surface area contributed by atoms with E-state index < -0.39 is 0 Å². The fourth-order valence-electron chi connectivity index (χ4n) is 3.68. The number of nitrogens with one attached hydrogen (secondary N) is 1. The number of carbonyl (C=O) groups is 1. The van der Waals surface area contributed by atoms with Gasteiger partial charge in [0, 0.05) is 24.2 Å². The number of hydrogen-bond donors (Lipinski definition) is 2. The number of hydrogen-bond acceptors (Lipinski definition) is 5. The number of halogens is 1. The molecule has 0 bridgehead atoms. The number of amides is 1. The van der Waals surface area contributed by atoms with Gasteiger partial charge in [-0.2, -0.15) is 0 Å². The molecule has 1 fully saturated rings. The van der Waals surface area contributed by atoms with E-state index in [-0.39, 0.29) is 24.1 Å². The van der Waals surface area contributed by atoms with Gasteiger partial charge in [-0.3, -0.25) is 10.2 Å². The quantitative estimate of drug-likeness (QED) is 0.280. The third-order valence-corrected chi connectivity index (χ3v) is 5.53. The summed E-state index contributed by atoms with van der Waals surface area (Å²) in [6.45, 7) is 2.85. The molecular formula is C25H34ClN3O4. The molecule has 1 amide bonds. The Morgan fingerprint density at radius 1 is 0.909 bits per heavy atom. The highest BCUT2D eigenvalue weighted by molar-refractivity contribution is 5.95. The van der Waals surface area contributed by atoms with Crippen LogP contribution >= 0.6 is 12.4 Å². The second-order valence-corrected chi connectivity index (χ2v) is 7.91. The van der Waals surface area contributed by atoms with Gasteiger partial charge in [-0.05, 0) is 81.0 Å².